The van der Waals surface area contributed by atoms with E-state index in [4.69, 9.17) is 10.5 Å². The quantitative estimate of drug-likeness (QED) is 0.671. The van der Waals surface area contributed by atoms with Crippen molar-refractivity contribution in [2.45, 2.75) is 19.4 Å². The van der Waals surface area contributed by atoms with Crippen molar-refractivity contribution in [3.05, 3.63) is 35.9 Å². The van der Waals surface area contributed by atoms with E-state index >= 15 is 0 Å². The fraction of sp³-hybridized carbons (Fsp3) is 0.571. The lowest BCUT2D eigenvalue weighted by molar-refractivity contribution is 0.122. The SMILES string of the molecule is NCC1(CNCCOCc2ccccc2)CC1. The molecule has 0 aliphatic heterocycles. The van der Waals surface area contributed by atoms with Crippen LogP contribution in [0.2, 0.25) is 0 Å². The molecule has 0 amide bonds. The summed E-state index contributed by atoms with van der Waals surface area (Å²) in [6, 6.07) is 10.3. The van der Waals surface area contributed by atoms with Gasteiger partial charge in [0.1, 0.15) is 0 Å². The van der Waals surface area contributed by atoms with Crippen molar-refractivity contribution in [2.24, 2.45) is 11.1 Å². The predicted molar refractivity (Wildman–Crippen MR) is 69.7 cm³/mol. The Hall–Kier alpha value is -0.900. The van der Waals surface area contributed by atoms with E-state index in [9.17, 15) is 0 Å². The highest BCUT2D eigenvalue weighted by Crippen LogP contribution is 2.43. The minimum Gasteiger partial charge on any atom is -0.375 e. The third kappa shape index (κ3) is 4.11. The second-order valence-electron chi connectivity index (χ2n) is 4.92. The first-order valence-corrected chi connectivity index (χ1v) is 6.37. The molecule has 0 saturated heterocycles. The molecule has 17 heavy (non-hydrogen) atoms. The largest absolute Gasteiger partial charge is 0.375 e. The van der Waals surface area contributed by atoms with E-state index in [2.05, 4.69) is 17.4 Å². The molecule has 0 heterocycles. The zero-order valence-electron chi connectivity index (χ0n) is 10.3. The highest BCUT2D eigenvalue weighted by Gasteiger charge is 2.40. The summed E-state index contributed by atoms with van der Waals surface area (Å²) in [6.07, 6.45) is 2.56. The van der Waals surface area contributed by atoms with Gasteiger partial charge in [0.25, 0.3) is 0 Å². The molecule has 0 aromatic heterocycles. The Morgan fingerprint density at radius 2 is 2.00 bits per heavy atom. The summed E-state index contributed by atoms with van der Waals surface area (Å²) < 4.78 is 5.59. The maximum absolute atomic E-state index is 5.71. The molecule has 2 rings (SSSR count). The molecule has 0 radical (unpaired) electrons. The van der Waals surface area contributed by atoms with Crippen LogP contribution in [-0.4, -0.2) is 26.2 Å². The molecule has 94 valence electrons. The molecule has 0 unspecified atom stereocenters. The lowest BCUT2D eigenvalue weighted by atomic mass is 10.1. The Balaban J connectivity index is 1.50. The van der Waals surface area contributed by atoms with Crippen LogP contribution >= 0.6 is 0 Å². The van der Waals surface area contributed by atoms with Gasteiger partial charge in [0.15, 0.2) is 0 Å². The molecule has 3 nitrogen and oxygen atoms in total. The summed E-state index contributed by atoms with van der Waals surface area (Å²) in [4.78, 5) is 0. The molecule has 1 aromatic rings. The van der Waals surface area contributed by atoms with Gasteiger partial charge in [-0.1, -0.05) is 30.3 Å². The number of ether oxygens (including phenoxy) is 1. The standard InChI is InChI=1S/C14H22N2O/c15-11-14(6-7-14)12-16-8-9-17-10-13-4-2-1-3-5-13/h1-5,16H,6-12,15H2. The van der Waals surface area contributed by atoms with Gasteiger partial charge in [-0.3, -0.25) is 0 Å². The Labute approximate surface area is 103 Å². The molecule has 3 N–H and O–H groups in total. The molecule has 0 atom stereocenters. The van der Waals surface area contributed by atoms with E-state index in [-0.39, 0.29) is 0 Å². The third-order valence-corrected chi connectivity index (χ3v) is 3.42. The molecular formula is C14H22N2O. The summed E-state index contributed by atoms with van der Waals surface area (Å²) in [6.45, 7) is 4.22. The molecule has 1 aliphatic rings. The summed E-state index contributed by atoms with van der Waals surface area (Å²) in [7, 11) is 0. The number of nitrogens with one attached hydrogen (secondary N) is 1. The molecule has 0 spiro atoms. The van der Waals surface area contributed by atoms with Crippen LogP contribution in [0.25, 0.3) is 0 Å². The number of nitrogens with two attached hydrogens (primary N) is 1. The smallest absolute Gasteiger partial charge is 0.0717 e. The lowest BCUT2D eigenvalue weighted by Gasteiger charge is -2.13. The van der Waals surface area contributed by atoms with Gasteiger partial charge in [0.2, 0.25) is 0 Å². The van der Waals surface area contributed by atoms with Crippen LogP contribution < -0.4 is 11.1 Å². The topological polar surface area (TPSA) is 47.3 Å². The summed E-state index contributed by atoms with van der Waals surface area (Å²) >= 11 is 0. The first-order valence-electron chi connectivity index (χ1n) is 6.37. The van der Waals surface area contributed by atoms with Crippen molar-refractivity contribution in [1.82, 2.24) is 5.32 Å². The number of rotatable bonds is 8. The molecule has 3 heteroatoms. The fourth-order valence-electron chi connectivity index (χ4n) is 1.89. The van der Waals surface area contributed by atoms with Gasteiger partial charge in [-0.05, 0) is 30.4 Å². The molecule has 1 aliphatic carbocycles. The first kappa shape index (κ1) is 12.6. The molecule has 0 bridgehead atoms. The average molecular weight is 234 g/mol. The van der Waals surface area contributed by atoms with Crippen molar-refractivity contribution in [3.63, 3.8) is 0 Å². The third-order valence-electron chi connectivity index (χ3n) is 3.42. The average Bonchev–Trinajstić information content (AvgIpc) is 3.16. The molecule has 1 saturated carbocycles. The maximum Gasteiger partial charge on any atom is 0.0717 e. The van der Waals surface area contributed by atoms with Crippen LogP contribution in [-0.2, 0) is 11.3 Å². The van der Waals surface area contributed by atoms with E-state index in [1.165, 1.54) is 18.4 Å². The van der Waals surface area contributed by atoms with E-state index in [1.807, 2.05) is 18.2 Å². The monoisotopic (exact) mass is 234 g/mol. The molecule has 1 fully saturated rings. The minimum atomic E-state index is 0.416. The Morgan fingerprint density at radius 3 is 2.65 bits per heavy atom. The van der Waals surface area contributed by atoms with Crippen molar-refractivity contribution in [1.29, 1.82) is 0 Å². The van der Waals surface area contributed by atoms with Crippen LogP contribution in [0.1, 0.15) is 18.4 Å². The Bertz CT molecular complexity index is 322. The minimum absolute atomic E-state index is 0.416. The summed E-state index contributed by atoms with van der Waals surface area (Å²) in [5, 5.41) is 3.42. The van der Waals surface area contributed by atoms with Gasteiger partial charge in [-0.2, -0.15) is 0 Å². The van der Waals surface area contributed by atoms with E-state index in [0.717, 1.165) is 26.2 Å². The van der Waals surface area contributed by atoms with Gasteiger partial charge < -0.3 is 15.8 Å². The maximum atomic E-state index is 5.71. The van der Waals surface area contributed by atoms with Crippen molar-refractivity contribution < 1.29 is 4.74 Å². The van der Waals surface area contributed by atoms with Crippen LogP contribution in [0.5, 0.6) is 0 Å². The number of hydrogen-bond acceptors (Lipinski definition) is 3. The van der Waals surface area contributed by atoms with Crippen molar-refractivity contribution >= 4 is 0 Å². The lowest BCUT2D eigenvalue weighted by Crippen LogP contribution is -2.31. The van der Waals surface area contributed by atoms with Crippen molar-refractivity contribution in [2.75, 3.05) is 26.2 Å². The number of hydrogen-bond donors (Lipinski definition) is 2. The van der Waals surface area contributed by atoms with Gasteiger partial charge >= 0.3 is 0 Å². The first-order chi connectivity index (χ1) is 8.35. The second-order valence-corrected chi connectivity index (χ2v) is 4.92. The molecular weight excluding hydrogens is 212 g/mol. The summed E-state index contributed by atoms with van der Waals surface area (Å²) in [5.74, 6) is 0. The number of benzene rings is 1. The fourth-order valence-corrected chi connectivity index (χ4v) is 1.89. The van der Waals surface area contributed by atoms with Gasteiger partial charge in [-0.15, -0.1) is 0 Å². The van der Waals surface area contributed by atoms with Crippen LogP contribution in [0.15, 0.2) is 30.3 Å². The summed E-state index contributed by atoms with van der Waals surface area (Å²) in [5.41, 5.74) is 7.36. The zero-order chi connectivity index (χ0) is 12.0. The Morgan fingerprint density at radius 1 is 1.24 bits per heavy atom. The van der Waals surface area contributed by atoms with E-state index < -0.39 is 0 Å². The zero-order valence-corrected chi connectivity index (χ0v) is 10.3. The van der Waals surface area contributed by atoms with Crippen LogP contribution in [0.3, 0.4) is 0 Å². The van der Waals surface area contributed by atoms with Crippen LogP contribution in [0, 0.1) is 5.41 Å². The van der Waals surface area contributed by atoms with E-state index in [1.54, 1.807) is 0 Å². The molecule has 1 aromatic carbocycles. The normalized spacial score (nSPS) is 17.0. The highest BCUT2D eigenvalue weighted by atomic mass is 16.5. The van der Waals surface area contributed by atoms with Crippen molar-refractivity contribution in [3.8, 4) is 0 Å². The predicted octanol–water partition coefficient (Wildman–Crippen LogP) is 1.53. The Kier molecular flexibility index (Phi) is 4.54. The second kappa shape index (κ2) is 6.15. The van der Waals surface area contributed by atoms with Gasteiger partial charge in [0.05, 0.1) is 13.2 Å². The van der Waals surface area contributed by atoms with Gasteiger partial charge in [-0.25, -0.2) is 0 Å². The van der Waals surface area contributed by atoms with Crippen LogP contribution in [0.4, 0.5) is 0 Å². The van der Waals surface area contributed by atoms with E-state index in [0.29, 0.717) is 12.0 Å². The highest BCUT2D eigenvalue weighted by molar-refractivity contribution is 5.13. The van der Waals surface area contributed by atoms with Gasteiger partial charge in [0, 0.05) is 13.1 Å².